The van der Waals surface area contributed by atoms with Crippen molar-refractivity contribution in [3.8, 4) is 0 Å². The first kappa shape index (κ1) is 10.3. The van der Waals surface area contributed by atoms with E-state index in [1.165, 1.54) is 22.3 Å². The van der Waals surface area contributed by atoms with Crippen molar-refractivity contribution in [2.75, 3.05) is 0 Å². The lowest BCUT2D eigenvalue weighted by atomic mass is 9.90. The van der Waals surface area contributed by atoms with E-state index in [4.69, 9.17) is 0 Å². The van der Waals surface area contributed by atoms with Gasteiger partial charge in [0.25, 0.3) is 0 Å². The third-order valence-electron chi connectivity index (χ3n) is 3.36. The quantitative estimate of drug-likeness (QED) is 0.684. The predicted octanol–water partition coefficient (Wildman–Crippen LogP) is 4.56. The van der Waals surface area contributed by atoms with Crippen molar-refractivity contribution in [1.82, 2.24) is 0 Å². The molecule has 2 aliphatic carbocycles. The number of hydrogen-bond donors (Lipinski definition) is 0. The molecule has 83 valence electrons. The molecule has 0 amide bonds. The summed E-state index contributed by atoms with van der Waals surface area (Å²) in [6, 6.07) is 6.41. The second-order valence-electron chi connectivity index (χ2n) is 4.49. The molecule has 0 heteroatoms. The largest absolute Gasteiger partial charge is 0.0801 e. The molecule has 0 heterocycles. The summed E-state index contributed by atoms with van der Waals surface area (Å²) in [5.74, 6) is 0. The second-order valence-corrected chi connectivity index (χ2v) is 4.49. The van der Waals surface area contributed by atoms with E-state index < -0.39 is 0 Å². The molecular formula is C17H15. The van der Waals surface area contributed by atoms with Crippen LogP contribution in [-0.2, 0) is 0 Å². The molecule has 0 unspecified atom stereocenters. The summed E-state index contributed by atoms with van der Waals surface area (Å²) in [5, 5.41) is 0. The molecule has 0 N–H and O–H groups in total. The highest BCUT2D eigenvalue weighted by molar-refractivity contribution is 5.85. The van der Waals surface area contributed by atoms with Gasteiger partial charge in [-0.2, -0.15) is 0 Å². The first-order valence-electron chi connectivity index (χ1n) is 6.03. The Morgan fingerprint density at radius 1 is 0.882 bits per heavy atom. The van der Waals surface area contributed by atoms with Crippen molar-refractivity contribution >= 4 is 11.1 Å². The van der Waals surface area contributed by atoms with Crippen LogP contribution in [0.3, 0.4) is 0 Å². The van der Waals surface area contributed by atoms with Gasteiger partial charge in [-0.1, -0.05) is 54.7 Å². The minimum Gasteiger partial charge on any atom is -0.0801 e. The summed E-state index contributed by atoms with van der Waals surface area (Å²) in [5.41, 5.74) is 6.59. The fourth-order valence-electron chi connectivity index (χ4n) is 2.53. The Morgan fingerprint density at radius 2 is 1.59 bits per heavy atom. The summed E-state index contributed by atoms with van der Waals surface area (Å²) in [7, 11) is 0. The fourth-order valence-corrected chi connectivity index (χ4v) is 2.53. The van der Waals surface area contributed by atoms with Crippen LogP contribution < -0.4 is 0 Å². The molecule has 1 aromatic rings. The van der Waals surface area contributed by atoms with Gasteiger partial charge in [-0.15, -0.1) is 0 Å². The molecule has 3 rings (SSSR count). The van der Waals surface area contributed by atoms with Crippen LogP contribution in [0.25, 0.3) is 11.1 Å². The lowest BCUT2D eigenvalue weighted by molar-refractivity contribution is 1.35. The van der Waals surface area contributed by atoms with E-state index in [1.54, 1.807) is 0 Å². The fraction of sp³-hybridized carbons (Fsp3) is 0.118. The maximum absolute atomic E-state index is 4.18. The van der Waals surface area contributed by atoms with Gasteiger partial charge in [0, 0.05) is 0 Å². The van der Waals surface area contributed by atoms with Crippen molar-refractivity contribution in [2.45, 2.75) is 12.8 Å². The number of rotatable bonds is 2. The van der Waals surface area contributed by atoms with Gasteiger partial charge in [0.15, 0.2) is 0 Å². The average molecular weight is 219 g/mol. The van der Waals surface area contributed by atoms with Crippen LogP contribution in [0.5, 0.6) is 0 Å². The molecule has 2 aliphatic rings. The number of benzene rings is 1. The van der Waals surface area contributed by atoms with Crippen molar-refractivity contribution in [1.29, 1.82) is 0 Å². The Kier molecular flexibility index (Phi) is 2.56. The summed E-state index contributed by atoms with van der Waals surface area (Å²) in [6.45, 7) is 4.18. The Hall–Kier alpha value is -1.82. The first-order chi connectivity index (χ1) is 8.36. The molecule has 0 saturated heterocycles. The van der Waals surface area contributed by atoms with E-state index in [0.717, 1.165) is 18.4 Å². The first-order valence-corrected chi connectivity index (χ1v) is 6.03. The molecule has 0 nitrogen and oxygen atoms in total. The van der Waals surface area contributed by atoms with Gasteiger partial charge < -0.3 is 0 Å². The molecule has 0 aromatic heterocycles. The van der Waals surface area contributed by atoms with Crippen molar-refractivity contribution in [3.63, 3.8) is 0 Å². The molecule has 1 radical (unpaired) electrons. The third kappa shape index (κ3) is 1.80. The molecule has 0 spiro atoms. The summed E-state index contributed by atoms with van der Waals surface area (Å²) < 4.78 is 0. The molecule has 0 fully saturated rings. The Balaban J connectivity index is 2.12. The van der Waals surface area contributed by atoms with Crippen LogP contribution in [0.1, 0.15) is 29.5 Å². The van der Waals surface area contributed by atoms with E-state index in [0.29, 0.717) is 0 Å². The zero-order valence-electron chi connectivity index (χ0n) is 9.82. The predicted molar refractivity (Wildman–Crippen MR) is 74.4 cm³/mol. The standard InChI is InChI=1S/C17H15/c1-13-7-6-12-16(14-8-2-3-9-14)17(13)15-10-4-5-11-15/h2-8,10,12H,1,9,11H2. The highest BCUT2D eigenvalue weighted by Crippen LogP contribution is 2.35. The Morgan fingerprint density at radius 3 is 2.24 bits per heavy atom. The van der Waals surface area contributed by atoms with Gasteiger partial charge in [0.2, 0.25) is 0 Å². The van der Waals surface area contributed by atoms with E-state index in [9.17, 15) is 0 Å². The highest BCUT2D eigenvalue weighted by Gasteiger charge is 2.14. The van der Waals surface area contributed by atoms with Crippen LogP contribution in [0.4, 0.5) is 0 Å². The minimum absolute atomic E-state index is 1.03. The van der Waals surface area contributed by atoms with Crippen molar-refractivity contribution < 1.29 is 0 Å². The molecular weight excluding hydrogens is 204 g/mol. The maximum atomic E-state index is 4.18. The summed E-state index contributed by atoms with van der Waals surface area (Å²) >= 11 is 0. The molecule has 1 aromatic carbocycles. The van der Waals surface area contributed by atoms with Gasteiger partial charge in [-0.3, -0.25) is 0 Å². The van der Waals surface area contributed by atoms with Crippen LogP contribution in [0.2, 0.25) is 0 Å². The average Bonchev–Trinajstić information content (AvgIpc) is 3.02. The zero-order valence-corrected chi connectivity index (χ0v) is 9.82. The SMILES string of the molecule is [CH2]c1cccc(C2=CC=CC2)c1C1=CC=CC1. The van der Waals surface area contributed by atoms with Crippen LogP contribution in [0, 0.1) is 6.92 Å². The Bertz CT molecular complexity index is 566. The van der Waals surface area contributed by atoms with Gasteiger partial charge in [0.05, 0.1) is 0 Å². The van der Waals surface area contributed by atoms with Crippen LogP contribution >= 0.6 is 0 Å². The molecule has 0 atom stereocenters. The van der Waals surface area contributed by atoms with E-state index in [-0.39, 0.29) is 0 Å². The minimum atomic E-state index is 1.03. The summed E-state index contributed by atoms with van der Waals surface area (Å²) in [6.07, 6.45) is 15.2. The van der Waals surface area contributed by atoms with E-state index in [1.807, 2.05) is 0 Å². The maximum Gasteiger partial charge on any atom is -0.00881 e. The second kappa shape index (κ2) is 4.21. The van der Waals surface area contributed by atoms with Crippen LogP contribution in [-0.4, -0.2) is 0 Å². The van der Waals surface area contributed by atoms with Crippen LogP contribution in [0.15, 0.2) is 54.7 Å². The molecule has 0 aliphatic heterocycles. The lowest BCUT2D eigenvalue weighted by Gasteiger charge is -2.14. The normalized spacial score (nSPS) is 17.5. The Labute approximate surface area is 103 Å². The van der Waals surface area contributed by atoms with Gasteiger partial charge >= 0.3 is 0 Å². The molecule has 0 saturated carbocycles. The smallest absolute Gasteiger partial charge is 0.00881 e. The van der Waals surface area contributed by atoms with Crippen molar-refractivity contribution in [2.24, 2.45) is 0 Å². The van der Waals surface area contributed by atoms with Gasteiger partial charge in [0.1, 0.15) is 0 Å². The summed E-state index contributed by atoms with van der Waals surface area (Å²) in [4.78, 5) is 0. The van der Waals surface area contributed by atoms with E-state index in [2.05, 4.69) is 61.6 Å². The molecule has 17 heavy (non-hydrogen) atoms. The van der Waals surface area contributed by atoms with Gasteiger partial charge in [-0.05, 0) is 47.6 Å². The third-order valence-corrected chi connectivity index (χ3v) is 3.36. The number of allylic oxidation sites excluding steroid dienone is 8. The number of hydrogen-bond acceptors (Lipinski definition) is 0. The highest BCUT2D eigenvalue weighted by atomic mass is 14.2. The van der Waals surface area contributed by atoms with Crippen molar-refractivity contribution in [3.05, 3.63) is 78.3 Å². The lowest BCUT2D eigenvalue weighted by Crippen LogP contribution is -1.95. The zero-order chi connectivity index (χ0) is 11.7. The molecule has 0 bridgehead atoms. The van der Waals surface area contributed by atoms with E-state index >= 15 is 0 Å². The van der Waals surface area contributed by atoms with Gasteiger partial charge in [-0.25, -0.2) is 0 Å². The topological polar surface area (TPSA) is 0 Å². The monoisotopic (exact) mass is 219 g/mol.